The molecular weight excluding hydrogens is 235 g/mol. The Labute approximate surface area is 104 Å². The lowest BCUT2D eigenvalue weighted by Crippen LogP contribution is -2.10. The highest BCUT2D eigenvalue weighted by Crippen LogP contribution is 2.30. The highest BCUT2D eigenvalue weighted by atomic mass is 19.1. The highest BCUT2D eigenvalue weighted by Gasteiger charge is 2.20. The fraction of sp³-hybridized carbons (Fsp3) is 0.385. The van der Waals surface area contributed by atoms with E-state index in [1.807, 2.05) is 20.8 Å². The van der Waals surface area contributed by atoms with Crippen LogP contribution in [0.25, 0.3) is 11.5 Å². The van der Waals surface area contributed by atoms with Gasteiger partial charge in [-0.1, -0.05) is 32.0 Å². The Morgan fingerprint density at radius 3 is 2.67 bits per heavy atom. The summed E-state index contributed by atoms with van der Waals surface area (Å²) >= 11 is 0. The number of hydrogen-bond acceptors (Lipinski definition) is 4. The maximum absolute atomic E-state index is 13.6. The first kappa shape index (κ1) is 12.5. The molecule has 1 N–H and O–H groups in total. The Morgan fingerprint density at radius 2 is 2.06 bits per heavy atom. The summed E-state index contributed by atoms with van der Waals surface area (Å²) in [6.45, 7) is 6.14. The van der Waals surface area contributed by atoms with E-state index in [1.165, 1.54) is 18.2 Å². The zero-order valence-electron chi connectivity index (χ0n) is 10.6. The van der Waals surface area contributed by atoms with Gasteiger partial charge in [-0.15, -0.1) is 0 Å². The molecule has 2 aromatic rings. The second-order valence-electron chi connectivity index (χ2n) is 5.39. The number of rotatable bonds is 2. The summed E-state index contributed by atoms with van der Waals surface area (Å²) in [6, 6.07) is 4.04. The van der Waals surface area contributed by atoms with E-state index < -0.39 is 5.82 Å². The standard InChI is InChI=1S/C13H15FN2O2/c1-13(2,3)7-10-15-12(18-16-10)11-8(14)5-4-6-9(11)17/h4-6,17H,7H2,1-3H3. The van der Waals surface area contributed by atoms with Crippen LogP contribution in [0, 0.1) is 11.2 Å². The summed E-state index contributed by atoms with van der Waals surface area (Å²) in [5.74, 6) is -0.285. The first-order chi connectivity index (χ1) is 8.37. The van der Waals surface area contributed by atoms with E-state index in [9.17, 15) is 9.50 Å². The van der Waals surface area contributed by atoms with Crippen molar-refractivity contribution >= 4 is 0 Å². The second kappa shape index (κ2) is 4.40. The van der Waals surface area contributed by atoms with Crippen molar-refractivity contribution in [3.05, 3.63) is 29.8 Å². The third-order valence-electron chi connectivity index (χ3n) is 2.36. The molecule has 2 rings (SSSR count). The van der Waals surface area contributed by atoms with Crippen LogP contribution in [0.3, 0.4) is 0 Å². The minimum atomic E-state index is -0.582. The third-order valence-corrected chi connectivity index (χ3v) is 2.36. The average Bonchev–Trinajstić information content (AvgIpc) is 2.63. The van der Waals surface area contributed by atoms with E-state index in [4.69, 9.17) is 4.52 Å². The van der Waals surface area contributed by atoms with Gasteiger partial charge in [0, 0.05) is 6.42 Å². The molecule has 0 saturated carbocycles. The molecule has 5 heteroatoms. The van der Waals surface area contributed by atoms with Crippen molar-refractivity contribution in [2.24, 2.45) is 5.41 Å². The smallest absolute Gasteiger partial charge is 0.264 e. The third kappa shape index (κ3) is 2.67. The van der Waals surface area contributed by atoms with Crippen molar-refractivity contribution in [3.8, 4) is 17.2 Å². The Morgan fingerprint density at radius 1 is 1.33 bits per heavy atom. The van der Waals surface area contributed by atoms with Gasteiger partial charge >= 0.3 is 0 Å². The highest BCUT2D eigenvalue weighted by molar-refractivity contribution is 5.62. The van der Waals surface area contributed by atoms with E-state index in [1.54, 1.807) is 0 Å². The lowest BCUT2D eigenvalue weighted by molar-refractivity contribution is 0.373. The molecule has 18 heavy (non-hydrogen) atoms. The lowest BCUT2D eigenvalue weighted by Gasteiger charge is -2.14. The van der Waals surface area contributed by atoms with Crippen LogP contribution in [0.5, 0.6) is 5.75 Å². The fourth-order valence-electron chi connectivity index (χ4n) is 1.63. The van der Waals surface area contributed by atoms with Gasteiger partial charge in [0.05, 0.1) is 0 Å². The molecule has 0 radical (unpaired) electrons. The van der Waals surface area contributed by atoms with Gasteiger partial charge in [0.2, 0.25) is 0 Å². The Balaban J connectivity index is 2.36. The second-order valence-corrected chi connectivity index (χ2v) is 5.39. The molecule has 1 aromatic heterocycles. The van der Waals surface area contributed by atoms with Crippen LogP contribution in [-0.2, 0) is 6.42 Å². The number of aromatic nitrogens is 2. The summed E-state index contributed by atoms with van der Waals surface area (Å²) in [6.07, 6.45) is 0.617. The molecular formula is C13H15FN2O2. The lowest BCUT2D eigenvalue weighted by atomic mass is 9.92. The predicted molar refractivity (Wildman–Crippen MR) is 64.5 cm³/mol. The Bertz CT molecular complexity index is 538. The number of hydrogen-bond donors (Lipinski definition) is 1. The Hall–Kier alpha value is -1.91. The maximum atomic E-state index is 13.6. The molecule has 0 saturated heterocycles. The zero-order valence-corrected chi connectivity index (χ0v) is 10.6. The summed E-state index contributed by atoms with van der Waals surface area (Å²) in [7, 11) is 0. The van der Waals surface area contributed by atoms with E-state index >= 15 is 0 Å². The van der Waals surface area contributed by atoms with Gasteiger partial charge in [0.1, 0.15) is 17.1 Å². The van der Waals surface area contributed by atoms with Crippen LogP contribution in [0.4, 0.5) is 4.39 Å². The van der Waals surface area contributed by atoms with E-state index in [2.05, 4.69) is 10.1 Å². The molecule has 96 valence electrons. The van der Waals surface area contributed by atoms with Crippen LogP contribution in [-0.4, -0.2) is 15.2 Å². The molecule has 0 aliphatic heterocycles. The summed E-state index contributed by atoms with van der Waals surface area (Å²) in [5.41, 5.74) is -0.0385. The molecule has 0 fully saturated rings. The van der Waals surface area contributed by atoms with Crippen LogP contribution in [0.1, 0.15) is 26.6 Å². The van der Waals surface area contributed by atoms with Gasteiger partial charge in [-0.2, -0.15) is 4.98 Å². The number of benzene rings is 1. The van der Waals surface area contributed by atoms with E-state index in [0.717, 1.165) is 0 Å². The van der Waals surface area contributed by atoms with Crippen LogP contribution >= 0.6 is 0 Å². The number of aromatic hydroxyl groups is 1. The van der Waals surface area contributed by atoms with Gasteiger partial charge in [-0.3, -0.25) is 0 Å². The van der Waals surface area contributed by atoms with Crippen LogP contribution in [0.15, 0.2) is 22.7 Å². The minimum absolute atomic E-state index is 0.00449. The van der Waals surface area contributed by atoms with Crippen molar-refractivity contribution in [2.45, 2.75) is 27.2 Å². The van der Waals surface area contributed by atoms with Crippen molar-refractivity contribution in [2.75, 3.05) is 0 Å². The molecule has 0 aliphatic rings. The molecule has 0 spiro atoms. The quantitative estimate of drug-likeness (QED) is 0.889. The summed E-state index contributed by atoms with van der Waals surface area (Å²) < 4.78 is 18.6. The topological polar surface area (TPSA) is 59.2 Å². The van der Waals surface area contributed by atoms with Gasteiger partial charge < -0.3 is 9.63 Å². The summed E-state index contributed by atoms with van der Waals surface area (Å²) in [4.78, 5) is 4.11. The van der Waals surface area contributed by atoms with Crippen molar-refractivity contribution in [1.82, 2.24) is 10.1 Å². The summed E-state index contributed by atoms with van der Waals surface area (Å²) in [5, 5.41) is 13.4. The SMILES string of the molecule is CC(C)(C)Cc1noc(-c2c(O)cccc2F)n1. The normalized spacial score (nSPS) is 11.8. The van der Waals surface area contributed by atoms with Gasteiger partial charge in [0.15, 0.2) is 5.82 Å². The molecule has 0 unspecified atom stereocenters. The molecule has 0 bridgehead atoms. The fourth-order valence-corrected chi connectivity index (χ4v) is 1.63. The minimum Gasteiger partial charge on any atom is -0.507 e. The first-order valence-corrected chi connectivity index (χ1v) is 5.67. The molecule has 4 nitrogen and oxygen atoms in total. The Kier molecular flexibility index (Phi) is 3.07. The van der Waals surface area contributed by atoms with Crippen molar-refractivity contribution < 1.29 is 14.0 Å². The zero-order chi connectivity index (χ0) is 13.3. The van der Waals surface area contributed by atoms with Crippen molar-refractivity contribution in [1.29, 1.82) is 0 Å². The first-order valence-electron chi connectivity index (χ1n) is 5.67. The van der Waals surface area contributed by atoms with Gasteiger partial charge in [-0.05, 0) is 17.5 Å². The molecule has 0 atom stereocenters. The number of phenols is 1. The number of phenolic OH excluding ortho intramolecular Hbond substituents is 1. The monoisotopic (exact) mass is 250 g/mol. The molecule has 1 heterocycles. The van der Waals surface area contributed by atoms with E-state index in [-0.39, 0.29) is 22.6 Å². The van der Waals surface area contributed by atoms with E-state index in [0.29, 0.717) is 12.2 Å². The number of halogens is 1. The number of nitrogens with zero attached hydrogens (tertiary/aromatic N) is 2. The van der Waals surface area contributed by atoms with Crippen LogP contribution < -0.4 is 0 Å². The largest absolute Gasteiger partial charge is 0.507 e. The molecule has 0 amide bonds. The maximum Gasteiger partial charge on any atom is 0.264 e. The molecule has 1 aromatic carbocycles. The van der Waals surface area contributed by atoms with Gasteiger partial charge in [-0.25, -0.2) is 4.39 Å². The molecule has 0 aliphatic carbocycles. The average molecular weight is 250 g/mol. The predicted octanol–water partition coefficient (Wildman–Crippen LogP) is 3.17. The van der Waals surface area contributed by atoms with Crippen LogP contribution in [0.2, 0.25) is 0 Å². The van der Waals surface area contributed by atoms with Crippen molar-refractivity contribution in [3.63, 3.8) is 0 Å². The van der Waals surface area contributed by atoms with Gasteiger partial charge in [0.25, 0.3) is 5.89 Å².